The summed E-state index contributed by atoms with van der Waals surface area (Å²) in [6.07, 6.45) is -3.52. The minimum absolute atomic E-state index is 0.0408. The quantitative estimate of drug-likeness (QED) is 0.422. The van der Waals surface area contributed by atoms with Gasteiger partial charge in [-0.2, -0.15) is 18.2 Å². The normalized spacial score (nSPS) is 18.6. The number of likely N-dealkylation sites (N-methyl/N-ethyl adjacent to an activating group) is 1. The summed E-state index contributed by atoms with van der Waals surface area (Å²) in [5.74, 6) is -4.11. The van der Waals surface area contributed by atoms with Gasteiger partial charge in [0.05, 0.1) is 30.9 Å². The molecule has 0 bridgehead atoms. The molecular formula is C20H18F6N8O. The summed E-state index contributed by atoms with van der Waals surface area (Å²) in [6, 6.07) is 2.93. The number of alkyl halides is 5. The molecule has 5 rings (SSSR count). The number of hydrogen-bond donors (Lipinski definition) is 1. The van der Waals surface area contributed by atoms with E-state index >= 15 is 4.39 Å². The van der Waals surface area contributed by atoms with E-state index in [4.69, 9.17) is 4.74 Å². The van der Waals surface area contributed by atoms with Crippen LogP contribution in [0, 0.1) is 5.82 Å². The van der Waals surface area contributed by atoms with Crippen LogP contribution in [0.15, 0.2) is 24.4 Å². The van der Waals surface area contributed by atoms with Crippen molar-refractivity contribution >= 4 is 22.5 Å². The largest absolute Gasteiger partial charge is 0.479 e. The highest BCUT2D eigenvalue weighted by Gasteiger charge is 2.47. The first-order valence-corrected chi connectivity index (χ1v) is 10.3. The Morgan fingerprint density at radius 2 is 2.03 bits per heavy atom. The van der Waals surface area contributed by atoms with Crippen LogP contribution in [-0.2, 0) is 6.54 Å². The summed E-state index contributed by atoms with van der Waals surface area (Å²) < 4.78 is 89.3. The highest BCUT2D eigenvalue weighted by atomic mass is 19.4. The molecule has 0 amide bonds. The van der Waals surface area contributed by atoms with Crippen LogP contribution >= 0.6 is 0 Å². The minimum atomic E-state index is -4.53. The molecule has 1 atom stereocenters. The van der Waals surface area contributed by atoms with Crippen LogP contribution in [-0.4, -0.2) is 79.9 Å². The summed E-state index contributed by atoms with van der Waals surface area (Å²) in [7, 11) is 2.82. The monoisotopic (exact) mass is 500 g/mol. The van der Waals surface area contributed by atoms with Crippen LogP contribution in [0.3, 0.4) is 0 Å². The number of methoxy groups -OCH3 is 1. The van der Waals surface area contributed by atoms with Crippen LogP contribution in [0.1, 0.15) is 0 Å². The molecule has 1 aliphatic rings. The van der Waals surface area contributed by atoms with E-state index in [1.54, 1.807) is 7.05 Å². The molecule has 15 heteroatoms. The summed E-state index contributed by atoms with van der Waals surface area (Å²) in [5.41, 5.74) is 0.472. The Kier molecular flexibility index (Phi) is 5.27. The van der Waals surface area contributed by atoms with Crippen LogP contribution in [0.5, 0.6) is 5.88 Å². The average Bonchev–Trinajstić information content (AvgIpc) is 3.38. The summed E-state index contributed by atoms with van der Waals surface area (Å²) in [4.78, 5) is 5.58. The number of likely N-dealkylation sites (tertiary alicyclic amines) is 1. The maximum absolute atomic E-state index is 15.1. The van der Waals surface area contributed by atoms with Gasteiger partial charge in [-0.25, -0.2) is 22.4 Å². The first kappa shape index (κ1) is 23.1. The Morgan fingerprint density at radius 3 is 2.69 bits per heavy atom. The number of nitrogens with one attached hydrogen (secondary N) is 1. The third kappa shape index (κ3) is 4.19. The van der Waals surface area contributed by atoms with Crippen molar-refractivity contribution in [1.29, 1.82) is 0 Å². The predicted molar refractivity (Wildman–Crippen MR) is 112 cm³/mol. The van der Waals surface area contributed by atoms with E-state index in [1.165, 1.54) is 30.2 Å². The zero-order chi connectivity index (χ0) is 25.1. The van der Waals surface area contributed by atoms with Gasteiger partial charge in [0.25, 0.3) is 5.92 Å². The Morgan fingerprint density at radius 1 is 1.26 bits per heavy atom. The number of aromatic nitrogens is 6. The molecule has 0 radical (unpaired) electrons. The first-order valence-electron chi connectivity index (χ1n) is 10.3. The molecule has 35 heavy (non-hydrogen) atoms. The number of benzene rings is 1. The van der Waals surface area contributed by atoms with Gasteiger partial charge in [-0.1, -0.05) is 11.3 Å². The molecular weight excluding hydrogens is 482 g/mol. The van der Waals surface area contributed by atoms with Gasteiger partial charge in [0.15, 0.2) is 5.82 Å². The highest BCUT2D eigenvalue weighted by molar-refractivity contribution is 5.89. The van der Waals surface area contributed by atoms with Crippen LogP contribution in [0.25, 0.3) is 27.7 Å². The Labute approximate surface area is 193 Å². The number of anilines is 1. The molecule has 0 saturated carbocycles. The van der Waals surface area contributed by atoms with E-state index in [0.29, 0.717) is 4.68 Å². The first-order chi connectivity index (χ1) is 16.4. The number of halogens is 6. The molecule has 0 aliphatic carbocycles. The zero-order valence-corrected chi connectivity index (χ0v) is 18.3. The van der Waals surface area contributed by atoms with Gasteiger partial charge in [-0.15, -0.1) is 10.2 Å². The second-order valence-corrected chi connectivity index (χ2v) is 8.31. The van der Waals surface area contributed by atoms with Gasteiger partial charge < -0.3 is 10.1 Å². The van der Waals surface area contributed by atoms with Crippen molar-refractivity contribution in [2.45, 2.75) is 24.7 Å². The second kappa shape index (κ2) is 7.96. The molecule has 1 N–H and O–H groups in total. The van der Waals surface area contributed by atoms with E-state index in [9.17, 15) is 22.0 Å². The minimum Gasteiger partial charge on any atom is -0.479 e. The topological polar surface area (TPSA) is 85.4 Å². The average molecular weight is 500 g/mol. The molecule has 1 fully saturated rings. The summed E-state index contributed by atoms with van der Waals surface area (Å²) in [5, 5.41) is 13.9. The van der Waals surface area contributed by atoms with Gasteiger partial charge in [0.2, 0.25) is 11.8 Å². The summed E-state index contributed by atoms with van der Waals surface area (Å²) >= 11 is 0. The zero-order valence-electron chi connectivity index (χ0n) is 18.3. The van der Waals surface area contributed by atoms with Crippen molar-refractivity contribution in [2.24, 2.45) is 0 Å². The molecule has 1 aliphatic heterocycles. The van der Waals surface area contributed by atoms with Crippen molar-refractivity contribution in [3.8, 4) is 17.0 Å². The van der Waals surface area contributed by atoms with E-state index in [0.717, 1.165) is 10.7 Å². The molecule has 4 aromatic rings. The molecule has 186 valence electrons. The Balaban J connectivity index is 1.58. The lowest BCUT2D eigenvalue weighted by Gasteiger charge is -2.19. The summed E-state index contributed by atoms with van der Waals surface area (Å²) in [6.45, 7) is -1.76. The maximum Gasteiger partial charge on any atom is 0.408 e. The van der Waals surface area contributed by atoms with Crippen molar-refractivity contribution in [3.05, 3.63) is 30.2 Å². The molecule has 9 nitrogen and oxygen atoms in total. The second-order valence-electron chi connectivity index (χ2n) is 8.31. The van der Waals surface area contributed by atoms with Crippen molar-refractivity contribution in [3.63, 3.8) is 0 Å². The molecule has 1 aromatic carbocycles. The molecule has 1 saturated heterocycles. The molecule has 0 spiro atoms. The fourth-order valence-corrected chi connectivity index (χ4v) is 4.19. The van der Waals surface area contributed by atoms with Crippen LogP contribution < -0.4 is 10.1 Å². The van der Waals surface area contributed by atoms with Crippen molar-refractivity contribution in [1.82, 2.24) is 34.5 Å². The molecule has 3 aromatic heterocycles. The van der Waals surface area contributed by atoms with Gasteiger partial charge in [0, 0.05) is 6.54 Å². The number of ether oxygens (including phenoxy) is 1. The number of nitrogens with zero attached hydrogens (tertiary/aromatic N) is 7. The van der Waals surface area contributed by atoms with Crippen LogP contribution in [0.2, 0.25) is 0 Å². The van der Waals surface area contributed by atoms with Gasteiger partial charge >= 0.3 is 6.18 Å². The smallest absolute Gasteiger partial charge is 0.408 e. The van der Waals surface area contributed by atoms with Crippen molar-refractivity contribution in [2.75, 3.05) is 32.6 Å². The van der Waals surface area contributed by atoms with Gasteiger partial charge in [-0.05, 0) is 24.7 Å². The fourth-order valence-electron chi connectivity index (χ4n) is 4.19. The fraction of sp³-hybridized carbons (Fsp3) is 0.400. The number of hydrogen-bond acceptors (Lipinski definition) is 7. The van der Waals surface area contributed by atoms with Gasteiger partial charge in [-0.3, -0.25) is 4.90 Å². The van der Waals surface area contributed by atoms with Gasteiger partial charge in [0.1, 0.15) is 23.6 Å². The Bertz CT molecular complexity index is 1410. The third-order valence-electron chi connectivity index (χ3n) is 5.67. The SMILES string of the molecule is COc1nc(N[C@@H]2CN(C)CC2(F)F)nn2cc(F)c(-c3ccc4nnn(CC(F)(F)F)c4c3)c12. The number of rotatable bonds is 5. The maximum atomic E-state index is 15.1. The van der Waals surface area contributed by atoms with E-state index in [2.05, 4.69) is 25.7 Å². The molecule has 0 unspecified atom stereocenters. The molecule has 4 heterocycles. The lowest BCUT2D eigenvalue weighted by molar-refractivity contribution is -0.142. The van der Waals surface area contributed by atoms with E-state index < -0.39 is 37.0 Å². The van der Waals surface area contributed by atoms with Crippen LogP contribution in [0.4, 0.5) is 32.3 Å². The Hall–Kier alpha value is -3.62. The lowest BCUT2D eigenvalue weighted by atomic mass is 10.1. The highest BCUT2D eigenvalue weighted by Crippen LogP contribution is 2.36. The lowest BCUT2D eigenvalue weighted by Crippen LogP contribution is -2.38. The van der Waals surface area contributed by atoms with E-state index in [-0.39, 0.29) is 46.1 Å². The third-order valence-corrected chi connectivity index (χ3v) is 5.67. The number of fused-ring (bicyclic) bond motifs is 2. The predicted octanol–water partition coefficient (Wildman–Crippen LogP) is 3.21. The van der Waals surface area contributed by atoms with Crippen molar-refractivity contribution < 1.29 is 31.1 Å². The van der Waals surface area contributed by atoms with E-state index in [1.807, 2.05) is 0 Å². The standard InChI is InChI=1S/C20H18F6N8O/c1-32-7-14(19(22,23)8-32)27-18-28-17(35-2)16-15(11(21)6-33(16)30-18)10-3-4-12-13(5-10)34(31-29-12)9-20(24,25)26/h3-6,14H,7-9H2,1-2H3,(H,27,30)/t14-/m1/s1.